The molecule has 7 heteroatoms. The van der Waals surface area contributed by atoms with Crippen molar-refractivity contribution in [3.05, 3.63) is 76.1 Å². The van der Waals surface area contributed by atoms with Crippen molar-refractivity contribution in [3.63, 3.8) is 0 Å². The smallest absolute Gasteiger partial charge is 0.253 e. The van der Waals surface area contributed by atoms with Crippen molar-refractivity contribution in [2.45, 2.75) is 19.5 Å². The molecule has 0 spiro atoms. The van der Waals surface area contributed by atoms with E-state index >= 15 is 0 Å². The van der Waals surface area contributed by atoms with E-state index in [0.717, 1.165) is 5.56 Å². The Morgan fingerprint density at radius 2 is 1.79 bits per heavy atom. The normalized spacial score (nSPS) is 10.6. The minimum atomic E-state index is -0.132. The van der Waals surface area contributed by atoms with Crippen LogP contribution in [0.25, 0.3) is 10.9 Å². The van der Waals surface area contributed by atoms with Crippen molar-refractivity contribution >= 4 is 22.7 Å². The van der Waals surface area contributed by atoms with E-state index < -0.39 is 0 Å². The van der Waals surface area contributed by atoms with Crippen molar-refractivity contribution < 1.29 is 9.59 Å². The zero-order chi connectivity index (χ0) is 20.1. The molecule has 1 heterocycles. The molecule has 0 atom stereocenters. The van der Waals surface area contributed by atoms with E-state index in [1.54, 1.807) is 43.0 Å². The molecule has 7 nitrogen and oxygen atoms in total. The minimum Gasteiger partial charge on any atom is -0.352 e. The van der Waals surface area contributed by atoms with E-state index in [1.807, 2.05) is 24.3 Å². The van der Waals surface area contributed by atoms with Crippen LogP contribution >= 0.6 is 0 Å². The lowest BCUT2D eigenvalue weighted by Crippen LogP contribution is -2.25. The van der Waals surface area contributed by atoms with Gasteiger partial charge in [-0.25, -0.2) is 0 Å². The predicted octanol–water partition coefficient (Wildman–Crippen LogP) is 1.80. The summed E-state index contributed by atoms with van der Waals surface area (Å²) in [4.78, 5) is 37.4. The number of rotatable bonds is 6. The van der Waals surface area contributed by atoms with Gasteiger partial charge in [-0.1, -0.05) is 24.3 Å². The maximum atomic E-state index is 12.2. The van der Waals surface area contributed by atoms with Crippen LogP contribution in [-0.2, 0) is 17.9 Å². The Bertz CT molecular complexity index is 1060. The standard InChI is InChI=1S/C21H22N4O3/c1-24(2)21(28)16-9-7-15(8-10-16)13-22-20(27)11-12-25-18-6-4-3-5-17(18)19(26)14-23-25/h3-10,14H,11-13H2,1-2H3,(H,22,27). The van der Waals surface area contributed by atoms with E-state index in [9.17, 15) is 14.4 Å². The lowest BCUT2D eigenvalue weighted by molar-refractivity contribution is -0.121. The van der Waals surface area contributed by atoms with Gasteiger partial charge in [0.25, 0.3) is 5.91 Å². The van der Waals surface area contributed by atoms with Crippen molar-refractivity contribution in [1.82, 2.24) is 20.0 Å². The van der Waals surface area contributed by atoms with Gasteiger partial charge in [-0.3, -0.25) is 19.1 Å². The molecule has 144 valence electrons. The molecule has 0 fully saturated rings. The third-order valence-corrected chi connectivity index (χ3v) is 4.41. The van der Waals surface area contributed by atoms with Crippen molar-refractivity contribution in [3.8, 4) is 0 Å². The molecule has 0 radical (unpaired) electrons. The second-order valence-electron chi connectivity index (χ2n) is 6.67. The third kappa shape index (κ3) is 4.43. The monoisotopic (exact) mass is 378 g/mol. The number of carbonyl (C=O) groups excluding carboxylic acids is 2. The number of fused-ring (bicyclic) bond motifs is 1. The second kappa shape index (κ2) is 8.47. The summed E-state index contributed by atoms with van der Waals surface area (Å²) in [5.41, 5.74) is 2.10. The summed E-state index contributed by atoms with van der Waals surface area (Å²) >= 11 is 0. The minimum absolute atomic E-state index is 0.0589. The number of para-hydroxylation sites is 1. The van der Waals surface area contributed by atoms with Gasteiger partial charge in [0.05, 0.1) is 18.3 Å². The summed E-state index contributed by atoms with van der Waals surface area (Å²) in [5.74, 6) is -0.172. The largest absolute Gasteiger partial charge is 0.352 e. The maximum Gasteiger partial charge on any atom is 0.253 e. The molecule has 0 saturated heterocycles. The van der Waals surface area contributed by atoms with Gasteiger partial charge in [-0.05, 0) is 29.8 Å². The first-order chi connectivity index (χ1) is 13.5. The second-order valence-corrected chi connectivity index (χ2v) is 6.67. The topological polar surface area (TPSA) is 84.3 Å². The first-order valence-corrected chi connectivity index (χ1v) is 8.98. The van der Waals surface area contributed by atoms with Crippen LogP contribution in [0.3, 0.4) is 0 Å². The van der Waals surface area contributed by atoms with Gasteiger partial charge < -0.3 is 10.2 Å². The number of carbonyl (C=O) groups is 2. The SMILES string of the molecule is CN(C)C(=O)c1ccc(CNC(=O)CCn2ncc(=O)c3ccccc32)cc1. The Kier molecular flexibility index (Phi) is 5.84. The lowest BCUT2D eigenvalue weighted by Gasteiger charge is -2.11. The molecule has 28 heavy (non-hydrogen) atoms. The molecule has 2 amide bonds. The fraction of sp³-hybridized carbons (Fsp3) is 0.238. The van der Waals surface area contributed by atoms with Crippen molar-refractivity contribution in [2.75, 3.05) is 14.1 Å². The quantitative estimate of drug-likeness (QED) is 0.709. The Labute approximate surface area is 162 Å². The fourth-order valence-corrected chi connectivity index (χ4v) is 2.86. The van der Waals surface area contributed by atoms with Gasteiger partial charge in [0.1, 0.15) is 0 Å². The highest BCUT2D eigenvalue weighted by Crippen LogP contribution is 2.09. The van der Waals surface area contributed by atoms with Gasteiger partial charge >= 0.3 is 0 Å². The van der Waals surface area contributed by atoms with Gasteiger partial charge in [0, 0.05) is 38.0 Å². The Balaban J connectivity index is 1.56. The first kappa shape index (κ1) is 19.3. The molecule has 1 aromatic heterocycles. The van der Waals surface area contributed by atoms with Crippen LogP contribution in [-0.4, -0.2) is 40.6 Å². The molecule has 0 aliphatic carbocycles. The highest BCUT2D eigenvalue weighted by atomic mass is 16.2. The van der Waals surface area contributed by atoms with Crippen LogP contribution in [0.2, 0.25) is 0 Å². The summed E-state index contributed by atoms with van der Waals surface area (Å²) in [6.45, 7) is 0.760. The maximum absolute atomic E-state index is 12.2. The number of nitrogens with zero attached hydrogens (tertiary/aromatic N) is 3. The van der Waals surface area contributed by atoms with Crippen LogP contribution in [0.4, 0.5) is 0 Å². The van der Waals surface area contributed by atoms with Crippen LogP contribution in [0.5, 0.6) is 0 Å². The third-order valence-electron chi connectivity index (χ3n) is 4.41. The molecular weight excluding hydrogens is 356 g/mol. The van der Waals surface area contributed by atoms with Crippen LogP contribution in [0.15, 0.2) is 59.5 Å². The highest BCUT2D eigenvalue weighted by Gasteiger charge is 2.09. The lowest BCUT2D eigenvalue weighted by atomic mass is 10.1. The first-order valence-electron chi connectivity index (χ1n) is 8.98. The van der Waals surface area contributed by atoms with E-state index in [4.69, 9.17) is 0 Å². The summed E-state index contributed by atoms with van der Waals surface area (Å²) in [7, 11) is 3.41. The van der Waals surface area contributed by atoms with E-state index in [1.165, 1.54) is 11.1 Å². The number of aryl methyl sites for hydroxylation is 1. The zero-order valence-electron chi connectivity index (χ0n) is 15.9. The summed E-state index contributed by atoms with van der Waals surface area (Å²) < 4.78 is 1.66. The average Bonchev–Trinajstić information content (AvgIpc) is 2.71. The Hall–Kier alpha value is -3.48. The molecular formula is C21H22N4O3. The van der Waals surface area contributed by atoms with Crippen LogP contribution in [0, 0.1) is 0 Å². The summed E-state index contributed by atoms with van der Waals surface area (Å²) in [5, 5.41) is 7.58. The molecule has 1 N–H and O–H groups in total. The molecule has 3 aromatic rings. The molecule has 2 aromatic carbocycles. The molecule has 0 aliphatic rings. The van der Waals surface area contributed by atoms with Gasteiger partial charge in [-0.2, -0.15) is 5.10 Å². The van der Waals surface area contributed by atoms with Crippen LogP contribution in [0.1, 0.15) is 22.3 Å². The molecule has 0 unspecified atom stereocenters. The van der Waals surface area contributed by atoms with E-state index in [0.29, 0.717) is 29.6 Å². The van der Waals surface area contributed by atoms with E-state index in [-0.39, 0.29) is 23.7 Å². The number of benzene rings is 2. The van der Waals surface area contributed by atoms with E-state index in [2.05, 4.69) is 10.4 Å². The van der Waals surface area contributed by atoms with Gasteiger partial charge in [-0.15, -0.1) is 0 Å². The number of hydrogen-bond acceptors (Lipinski definition) is 4. The zero-order valence-corrected chi connectivity index (χ0v) is 15.9. The van der Waals surface area contributed by atoms with Gasteiger partial charge in [0.2, 0.25) is 11.3 Å². The Morgan fingerprint density at radius 3 is 2.50 bits per heavy atom. The van der Waals surface area contributed by atoms with Crippen molar-refractivity contribution in [2.24, 2.45) is 0 Å². The molecule has 0 saturated carbocycles. The number of nitrogens with one attached hydrogen (secondary N) is 1. The summed E-state index contributed by atoms with van der Waals surface area (Å²) in [6.07, 6.45) is 1.52. The average molecular weight is 378 g/mol. The van der Waals surface area contributed by atoms with Crippen molar-refractivity contribution in [1.29, 1.82) is 0 Å². The van der Waals surface area contributed by atoms with Crippen LogP contribution < -0.4 is 10.7 Å². The molecule has 0 bridgehead atoms. The summed E-state index contributed by atoms with van der Waals surface area (Å²) in [6, 6.07) is 14.4. The predicted molar refractivity (Wildman–Crippen MR) is 107 cm³/mol. The highest BCUT2D eigenvalue weighted by molar-refractivity contribution is 5.93. The molecule has 0 aliphatic heterocycles. The fourth-order valence-electron chi connectivity index (χ4n) is 2.86. The number of aromatic nitrogens is 2. The van der Waals surface area contributed by atoms with Gasteiger partial charge in [0.15, 0.2) is 0 Å². The number of hydrogen-bond donors (Lipinski definition) is 1. The Morgan fingerprint density at radius 1 is 1.07 bits per heavy atom. The molecule has 3 rings (SSSR count). The number of amides is 2.